The number of thiophene rings is 1. The molecule has 0 radical (unpaired) electrons. The number of rotatable bonds is 6. The van der Waals surface area contributed by atoms with Gasteiger partial charge < -0.3 is 5.73 Å². The molecular weight excluding hydrogens is 202 g/mol. The van der Waals surface area contributed by atoms with Crippen molar-refractivity contribution in [1.82, 2.24) is 0 Å². The molecule has 0 amide bonds. The Balaban J connectivity index is 2.45. The van der Waals surface area contributed by atoms with Gasteiger partial charge >= 0.3 is 0 Å². The van der Waals surface area contributed by atoms with E-state index in [2.05, 4.69) is 32.9 Å². The van der Waals surface area contributed by atoms with Gasteiger partial charge in [-0.15, -0.1) is 11.3 Å². The molecule has 1 nitrogen and oxygen atoms in total. The standard InChI is InChI=1S/C13H23NS/c1-10(2)8-12-4-5-13(15-12)9-11(3)6-7-14/h4-5,10-11H,6-9,14H2,1-3H3. The minimum absolute atomic E-state index is 0.723. The first-order chi connectivity index (χ1) is 7.11. The third kappa shape index (κ3) is 4.80. The summed E-state index contributed by atoms with van der Waals surface area (Å²) < 4.78 is 0. The van der Waals surface area contributed by atoms with E-state index in [1.54, 1.807) is 0 Å². The Kier molecular flexibility index (Phi) is 5.34. The molecule has 1 aromatic rings. The van der Waals surface area contributed by atoms with E-state index in [4.69, 9.17) is 5.73 Å². The highest BCUT2D eigenvalue weighted by molar-refractivity contribution is 7.11. The molecule has 1 rings (SSSR count). The van der Waals surface area contributed by atoms with Crippen LogP contribution in [0.15, 0.2) is 12.1 Å². The number of nitrogens with two attached hydrogens (primary N) is 1. The molecule has 86 valence electrons. The molecule has 2 N–H and O–H groups in total. The molecule has 0 aliphatic heterocycles. The van der Waals surface area contributed by atoms with Crippen LogP contribution in [0.4, 0.5) is 0 Å². The summed E-state index contributed by atoms with van der Waals surface area (Å²) in [5.41, 5.74) is 5.56. The summed E-state index contributed by atoms with van der Waals surface area (Å²) in [7, 11) is 0. The van der Waals surface area contributed by atoms with Gasteiger partial charge in [0.25, 0.3) is 0 Å². The Morgan fingerprint density at radius 3 is 2.27 bits per heavy atom. The molecule has 2 heteroatoms. The molecule has 1 heterocycles. The summed E-state index contributed by atoms with van der Waals surface area (Å²) in [6.07, 6.45) is 3.55. The van der Waals surface area contributed by atoms with E-state index in [-0.39, 0.29) is 0 Å². The second-order valence-electron chi connectivity index (χ2n) is 4.85. The molecule has 0 saturated heterocycles. The maximum absolute atomic E-state index is 5.56. The maximum Gasteiger partial charge on any atom is 0.00508 e. The second-order valence-corrected chi connectivity index (χ2v) is 6.11. The molecule has 0 aliphatic carbocycles. The number of hydrogen-bond donors (Lipinski definition) is 1. The van der Waals surface area contributed by atoms with Crippen LogP contribution in [0.2, 0.25) is 0 Å². The minimum atomic E-state index is 0.723. The van der Waals surface area contributed by atoms with Crippen LogP contribution in [0.5, 0.6) is 0 Å². The Morgan fingerprint density at radius 1 is 1.13 bits per heavy atom. The van der Waals surface area contributed by atoms with Crippen LogP contribution in [0, 0.1) is 11.8 Å². The zero-order chi connectivity index (χ0) is 11.3. The van der Waals surface area contributed by atoms with Crippen molar-refractivity contribution >= 4 is 11.3 Å². The summed E-state index contributed by atoms with van der Waals surface area (Å²) in [6.45, 7) is 7.65. The third-order valence-electron chi connectivity index (χ3n) is 2.54. The smallest absolute Gasteiger partial charge is 0.00508 e. The van der Waals surface area contributed by atoms with Crippen molar-refractivity contribution in [2.45, 2.75) is 40.0 Å². The van der Waals surface area contributed by atoms with Crippen LogP contribution in [-0.4, -0.2) is 6.54 Å². The van der Waals surface area contributed by atoms with E-state index >= 15 is 0 Å². The summed E-state index contributed by atoms with van der Waals surface area (Å²) >= 11 is 1.97. The van der Waals surface area contributed by atoms with Crippen LogP contribution in [0.1, 0.15) is 36.9 Å². The van der Waals surface area contributed by atoms with Gasteiger partial charge in [-0.25, -0.2) is 0 Å². The Morgan fingerprint density at radius 2 is 1.73 bits per heavy atom. The highest BCUT2D eigenvalue weighted by Gasteiger charge is 2.06. The summed E-state index contributed by atoms with van der Waals surface area (Å²) in [4.78, 5) is 3.05. The van der Waals surface area contributed by atoms with Crippen molar-refractivity contribution in [1.29, 1.82) is 0 Å². The van der Waals surface area contributed by atoms with Gasteiger partial charge in [0.2, 0.25) is 0 Å². The van der Waals surface area contributed by atoms with Crippen LogP contribution < -0.4 is 5.73 Å². The molecule has 0 aromatic carbocycles. The molecule has 0 bridgehead atoms. The maximum atomic E-state index is 5.56. The summed E-state index contributed by atoms with van der Waals surface area (Å²) in [5.74, 6) is 1.48. The topological polar surface area (TPSA) is 26.0 Å². The van der Waals surface area contributed by atoms with E-state index in [0.717, 1.165) is 24.8 Å². The van der Waals surface area contributed by atoms with Gasteiger partial charge in [-0.05, 0) is 49.8 Å². The molecule has 15 heavy (non-hydrogen) atoms. The van der Waals surface area contributed by atoms with Gasteiger partial charge in [0.1, 0.15) is 0 Å². The first kappa shape index (κ1) is 12.7. The molecule has 0 saturated carbocycles. The zero-order valence-corrected chi connectivity index (χ0v) is 10.9. The van der Waals surface area contributed by atoms with E-state index in [9.17, 15) is 0 Å². The van der Waals surface area contributed by atoms with Crippen molar-refractivity contribution < 1.29 is 0 Å². The average molecular weight is 225 g/mol. The molecular formula is C13H23NS. The summed E-state index contributed by atoms with van der Waals surface area (Å²) in [6, 6.07) is 4.57. The van der Waals surface area contributed by atoms with Gasteiger partial charge in [-0.2, -0.15) is 0 Å². The number of hydrogen-bond acceptors (Lipinski definition) is 2. The second kappa shape index (κ2) is 6.29. The molecule has 0 fully saturated rings. The normalized spacial score (nSPS) is 13.4. The predicted molar refractivity (Wildman–Crippen MR) is 69.4 cm³/mol. The minimum Gasteiger partial charge on any atom is -0.330 e. The fourth-order valence-electron chi connectivity index (χ4n) is 1.77. The fraction of sp³-hybridized carbons (Fsp3) is 0.692. The van der Waals surface area contributed by atoms with Crippen molar-refractivity contribution in [2.24, 2.45) is 17.6 Å². The van der Waals surface area contributed by atoms with Crippen molar-refractivity contribution in [2.75, 3.05) is 6.54 Å². The lowest BCUT2D eigenvalue weighted by Gasteiger charge is -2.07. The Labute approximate surface area is 97.7 Å². The van der Waals surface area contributed by atoms with Crippen LogP contribution in [-0.2, 0) is 12.8 Å². The van der Waals surface area contributed by atoms with Gasteiger partial charge in [0.05, 0.1) is 0 Å². The first-order valence-corrected chi connectivity index (χ1v) is 6.71. The monoisotopic (exact) mass is 225 g/mol. The van der Waals surface area contributed by atoms with Gasteiger partial charge in [-0.1, -0.05) is 20.8 Å². The fourth-order valence-corrected chi connectivity index (χ4v) is 3.17. The molecule has 0 aliphatic rings. The Bertz CT molecular complexity index is 278. The van der Waals surface area contributed by atoms with Crippen molar-refractivity contribution in [3.05, 3.63) is 21.9 Å². The van der Waals surface area contributed by atoms with E-state index in [1.807, 2.05) is 11.3 Å². The van der Waals surface area contributed by atoms with Crippen LogP contribution in [0.3, 0.4) is 0 Å². The third-order valence-corrected chi connectivity index (χ3v) is 3.67. The molecule has 1 aromatic heterocycles. The first-order valence-electron chi connectivity index (χ1n) is 5.89. The van der Waals surface area contributed by atoms with E-state index in [1.165, 1.54) is 22.6 Å². The quantitative estimate of drug-likeness (QED) is 0.788. The molecule has 1 unspecified atom stereocenters. The zero-order valence-electron chi connectivity index (χ0n) is 10.1. The van der Waals surface area contributed by atoms with Crippen molar-refractivity contribution in [3.8, 4) is 0 Å². The van der Waals surface area contributed by atoms with Crippen molar-refractivity contribution in [3.63, 3.8) is 0 Å². The van der Waals surface area contributed by atoms with Crippen LogP contribution >= 0.6 is 11.3 Å². The lowest BCUT2D eigenvalue weighted by atomic mass is 10.0. The lowest BCUT2D eigenvalue weighted by Crippen LogP contribution is -2.07. The largest absolute Gasteiger partial charge is 0.330 e. The van der Waals surface area contributed by atoms with Gasteiger partial charge in [0.15, 0.2) is 0 Å². The van der Waals surface area contributed by atoms with E-state index in [0.29, 0.717) is 0 Å². The van der Waals surface area contributed by atoms with Gasteiger partial charge in [-0.3, -0.25) is 0 Å². The van der Waals surface area contributed by atoms with E-state index < -0.39 is 0 Å². The highest BCUT2D eigenvalue weighted by atomic mass is 32.1. The Hall–Kier alpha value is -0.340. The SMILES string of the molecule is CC(C)Cc1ccc(CC(C)CCN)s1. The molecule has 1 atom stereocenters. The van der Waals surface area contributed by atoms with Crippen LogP contribution in [0.25, 0.3) is 0 Å². The molecule has 0 spiro atoms. The average Bonchev–Trinajstić information content (AvgIpc) is 2.51. The van der Waals surface area contributed by atoms with Gasteiger partial charge in [0, 0.05) is 9.75 Å². The summed E-state index contributed by atoms with van der Waals surface area (Å²) in [5, 5.41) is 0. The lowest BCUT2D eigenvalue weighted by molar-refractivity contribution is 0.542. The predicted octanol–water partition coefficient (Wildman–Crippen LogP) is 3.47. The highest BCUT2D eigenvalue weighted by Crippen LogP contribution is 2.23.